The number of amides is 2. The lowest BCUT2D eigenvalue weighted by Crippen LogP contribution is -2.32. The first-order valence-corrected chi connectivity index (χ1v) is 9.53. The van der Waals surface area contributed by atoms with Crippen LogP contribution in [0.25, 0.3) is 0 Å². The maximum atomic E-state index is 12.0. The van der Waals surface area contributed by atoms with Crippen molar-refractivity contribution in [3.05, 3.63) is 47.5 Å². The fourth-order valence-corrected chi connectivity index (χ4v) is 3.45. The Bertz CT molecular complexity index is 679. The van der Waals surface area contributed by atoms with E-state index in [1.807, 2.05) is 30.3 Å². The molecule has 0 aromatic heterocycles. The number of allylic oxidation sites excluding steroid dienone is 1. The molecule has 1 aromatic carbocycles. The Morgan fingerprint density at radius 1 is 1.11 bits per heavy atom. The molecule has 146 valence electrons. The van der Waals surface area contributed by atoms with E-state index < -0.39 is 11.9 Å². The smallest absolute Gasteiger partial charge is 0.314 e. The van der Waals surface area contributed by atoms with Gasteiger partial charge >= 0.3 is 12.0 Å². The third kappa shape index (κ3) is 6.55. The van der Waals surface area contributed by atoms with E-state index in [1.54, 1.807) is 11.0 Å². The molecule has 1 fully saturated rings. The molecule has 2 amide bonds. The number of hydrogen-bond donors (Lipinski definition) is 2. The van der Waals surface area contributed by atoms with E-state index in [1.165, 1.54) is 5.56 Å². The number of primary amides is 1. The fourth-order valence-electron chi connectivity index (χ4n) is 3.45. The summed E-state index contributed by atoms with van der Waals surface area (Å²) in [5.41, 5.74) is 6.71. The number of aryl methyl sites for hydroxylation is 1. The number of hydrogen-bond acceptors (Lipinski definition) is 3. The van der Waals surface area contributed by atoms with Crippen LogP contribution in [0.5, 0.6) is 0 Å². The second kappa shape index (κ2) is 10.5. The number of nitrogens with two attached hydrogens (primary N) is 1. The summed E-state index contributed by atoms with van der Waals surface area (Å²) >= 11 is 0. The Hall–Kier alpha value is -2.63. The first-order chi connectivity index (χ1) is 13.0. The van der Waals surface area contributed by atoms with Gasteiger partial charge in [-0.05, 0) is 44.1 Å². The molecular weight excluding hydrogens is 344 g/mol. The number of likely N-dealkylation sites (tertiary alicyclic amines) is 1. The molecule has 1 aliphatic carbocycles. The van der Waals surface area contributed by atoms with E-state index in [0.29, 0.717) is 24.8 Å². The summed E-state index contributed by atoms with van der Waals surface area (Å²) in [5.74, 6) is -1.45. The van der Waals surface area contributed by atoms with Crippen LogP contribution in [0.2, 0.25) is 0 Å². The number of ketones is 1. The van der Waals surface area contributed by atoms with E-state index >= 15 is 0 Å². The number of carbonyl (C=O) groups excluding carboxylic acids is 2. The van der Waals surface area contributed by atoms with Gasteiger partial charge in [-0.3, -0.25) is 9.59 Å². The van der Waals surface area contributed by atoms with Crippen molar-refractivity contribution in [1.29, 1.82) is 0 Å². The summed E-state index contributed by atoms with van der Waals surface area (Å²) in [4.78, 5) is 35.1. The lowest BCUT2D eigenvalue weighted by Gasteiger charge is -2.09. The number of rotatable bonds is 6. The summed E-state index contributed by atoms with van der Waals surface area (Å²) in [6.45, 7) is 1.71. The normalized spacial score (nSPS) is 18.4. The van der Waals surface area contributed by atoms with Crippen LogP contribution in [0.3, 0.4) is 0 Å². The van der Waals surface area contributed by atoms with Gasteiger partial charge in [0.1, 0.15) is 0 Å². The first kappa shape index (κ1) is 20.7. The van der Waals surface area contributed by atoms with E-state index in [-0.39, 0.29) is 11.8 Å². The third-order valence-electron chi connectivity index (χ3n) is 4.94. The molecule has 1 aromatic rings. The van der Waals surface area contributed by atoms with Gasteiger partial charge in [0.15, 0.2) is 5.78 Å². The number of carboxylic acid groups (broad SMARTS) is 1. The highest BCUT2D eigenvalue weighted by Gasteiger charge is 2.29. The van der Waals surface area contributed by atoms with Crippen LogP contribution in [0, 0.1) is 5.92 Å². The Kier molecular flexibility index (Phi) is 8.04. The summed E-state index contributed by atoms with van der Waals surface area (Å²) in [6.07, 6.45) is 7.36. The maximum Gasteiger partial charge on any atom is 0.314 e. The van der Waals surface area contributed by atoms with Crippen molar-refractivity contribution in [2.75, 3.05) is 13.1 Å². The number of aliphatic carboxylic acids is 1. The van der Waals surface area contributed by atoms with Crippen molar-refractivity contribution in [1.82, 2.24) is 4.90 Å². The Labute approximate surface area is 160 Å². The Morgan fingerprint density at radius 3 is 2.33 bits per heavy atom. The highest BCUT2D eigenvalue weighted by Crippen LogP contribution is 2.28. The van der Waals surface area contributed by atoms with Gasteiger partial charge in [-0.15, -0.1) is 0 Å². The minimum atomic E-state index is -0.875. The first-order valence-electron chi connectivity index (χ1n) is 9.53. The maximum absolute atomic E-state index is 12.0. The molecular formula is C21H28N2O4. The van der Waals surface area contributed by atoms with E-state index in [0.717, 1.165) is 38.8 Å². The number of nitrogens with zero attached hydrogens (tertiary/aromatic N) is 1. The second-order valence-electron chi connectivity index (χ2n) is 6.92. The van der Waals surface area contributed by atoms with Gasteiger partial charge in [-0.2, -0.15) is 0 Å². The van der Waals surface area contributed by atoms with Gasteiger partial charge in [0.05, 0.1) is 5.92 Å². The van der Waals surface area contributed by atoms with Gasteiger partial charge in [0.2, 0.25) is 0 Å². The van der Waals surface area contributed by atoms with Gasteiger partial charge in [-0.1, -0.05) is 36.4 Å². The molecule has 1 aliphatic heterocycles. The highest BCUT2D eigenvalue weighted by molar-refractivity contribution is 6.00. The largest absolute Gasteiger partial charge is 0.481 e. The van der Waals surface area contributed by atoms with Gasteiger partial charge in [0.25, 0.3) is 0 Å². The summed E-state index contributed by atoms with van der Waals surface area (Å²) in [6, 6.07) is 9.74. The van der Waals surface area contributed by atoms with Gasteiger partial charge in [-0.25, -0.2) is 4.79 Å². The van der Waals surface area contributed by atoms with Crippen LogP contribution < -0.4 is 5.73 Å². The molecule has 6 heteroatoms. The number of carboxylic acids is 1. The zero-order valence-electron chi connectivity index (χ0n) is 15.6. The number of benzene rings is 1. The number of urea groups is 1. The van der Waals surface area contributed by atoms with Gasteiger partial charge in [0, 0.05) is 25.1 Å². The monoisotopic (exact) mass is 372 g/mol. The second-order valence-corrected chi connectivity index (χ2v) is 6.92. The van der Waals surface area contributed by atoms with Crippen molar-refractivity contribution in [2.45, 2.75) is 44.9 Å². The van der Waals surface area contributed by atoms with Crippen molar-refractivity contribution < 1.29 is 19.5 Å². The van der Waals surface area contributed by atoms with Crippen LogP contribution in [-0.2, 0) is 16.0 Å². The number of Topliss-reactive ketones (excluding diaryl/α,β-unsaturated/α-hetero) is 1. The molecule has 1 heterocycles. The highest BCUT2D eigenvalue weighted by atomic mass is 16.4. The Balaban J connectivity index is 0.000000273. The SMILES string of the molecule is NC(=O)N1CCCC1.O=C(CCCc1ccccc1)C1=CCCC1C(=O)O. The minimum absolute atomic E-state index is 0.000770. The van der Waals surface area contributed by atoms with Crippen LogP contribution >= 0.6 is 0 Å². The molecule has 0 radical (unpaired) electrons. The van der Waals surface area contributed by atoms with Crippen LogP contribution in [-0.4, -0.2) is 40.9 Å². The average Bonchev–Trinajstić information content (AvgIpc) is 3.35. The molecule has 6 nitrogen and oxygen atoms in total. The van der Waals surface area contributed by atoms with Crippen molar-refractivity contribution >= 4 is 17.8 Å². The molecule has 0 saturated carbocycles. The molecule has 1 unspecified atom stereocenters. The quantitative estimate of drug-likeness (QED) is 0.801. The zero-order chi connectivity index (χ0) is 19.6. The fraction of sp³-hybridized carbons (Fsp3) is 0.476. The van der Waals surface area contributed by atoms with Gasteiger partial charge < -0.3 is 15.7 Å². The molecule has 1 saturated heterocycles. The lowest BCUT2D eigenvalue weighted by atomic mass is 9.95. The standard InChI is InChI=1S/C16H18O3.C5H10N2O/c17-15(13-9-5-10-14(13)16(18)19)11-4-8-12-6-2-1-3-7-12;6-5(8)7-3-1-2-4-7/h1-3,6-7,9,14H,4-5,8,10-11H2,(H,18,19);1-4H2,(H2,6,8). The van der Waals surface area contributed by atoms with Crippen molar-refractivity contribution in [2.24, 2.45) is 11.7 Å². The molecule has 3 rings (SSSR count). The Morgan fingerprint density at radius 2 is 1.78 bits per heavy atom. The van der Waals surface area contributed by atoms with Crippen molar-refractivity contribution in [3.63, 3.8) is 0 Å². The molecule has 0 bridgehead atoms. The average molecular weight is 372 g/mol. The van der Waals surface area contributed by atoms with Crippen LogP contribution in [0.4, 0.5) is 4.79 Å². The molecule has 3 N–H and O–H groups in total. The lowest BCUT2D eigenvalue weighted by molar-refractivity contribution is -0.141. The predicted octanol–water partition coefficient (Wildman–Crippen LogP) is 3.16. The third-order valence-corrected chi connectivity index (χ3v) is 4.94. The predicted molar refractivity (Wildman–Crippen MR) is 103 cm³/mol. The summed E-state index contributed by atoms with van der Waals surface area (Å²) in [7, 11) is 0. The zero-order valence-corrected chi connectivity index (χ0v) is 15.6. The topological polar surface area (TPSA) is 101 Å². The van der Waals surface area contributed by atoms with E-state index in [4.69, 9.17) is 10.8 Å². The molecule has 0 spiro atoms. The van der Waals surface area contributed by atoms with Crippen LogP contribution in [0.15, 0.2) is 42.0 Å². The number of carbonyl (C=O) groups is 3. The van der Waals surface area contributed by atoms with E-state index in [2.05, 4.69) is 0 Å². The van der Waals surface area contributed by atoms with Crippen molar-refractivity contribution in [3.8, 4) is 0 Å². The van der Waals surface area contributed by atoms with E-state index in [9.17, 15) is 14.4 Å². The minimum Gasteiger partial charge on any atom is -0.481 e. The molecule has 2 aliphatic rings. The van der Waals surface area contributed by atoms with Crippen LogP contribution in [0.1, 0.15) is 44.1 Å². The molecule has 27 heavy (non-hydrogen) atoms. The summed E-state index contributed by atoms with van der Waals surface area (Å²) < 4.78 is 0. The summed E-state index contributed by atoms with van der Waals surface area (Å²) in [5, 5.41) is 9.04. The molecule has 1 atom stereocenters.